The molecule has 1 unspecified atom stereocenters. The number of imidazole rings is 1. The Kier molecular flexibility index (Phi) is 3.35. The molecule has 0 saturated carbocycles. The lowest BCUT2D eigenvalue weighted by Gasteiger charge is -2.18. The summed E-state index contributed by atoms with van der Waals surface area (Å²) in [4.78, 5) is 19.0. The lowest BCUT2D eigenvalue weighted by atomic mass is 10.2. The maximum Gasteiger partial charge on any atom is 0.229 e. The zero-order valence-electron chi connectivity index (χ0n) is 14.1. The molecule has 0 radical (unpaired) electrons. The topological polar surface area (TPSA) is 55.4 Å². The van der Waals surface area contributed by atoms with Gasteiger partial charge in [-0.2, -0.15) is 5.10 Å². The van der Waals surface area contributed by atoms with Crippen molar-refractivity contribution in [2.75, 3.05) is 11.4 Å². The zero-order chi connectivity index (χ0) is 17.5. The molecule has 0 bridgehead atoms. The number of para-hydroxylation sites is 1. The molecular formula is C20H17N5O. The maximum atomic E-state index is 12.6. The zero-order valence-corrected chi connectivity index (χ0v) is 14.1. The molecule has 1 atom stereocenters. The second kappa shape index (κ2) is 5.84. The molecule has 0 N–H and O–H groups in total. The molecule has 4 heterocycles. The lowest BCUT2D eigenvalue weighted by molar-refractivity contribution is -0.117. The van der Waals surface area contributed by atoms with Crippen LogP contribution in [0.3, 0.4) is 0 Å². The van der Waals surface area contributed by atoms with Crippen LogP contribution in [0.2, 0.25) is 0 Å². The number of nitrogens with zero attached hydrogens (tertiary/aromatic N) is 5. The third-order valence-electron chi connectivity index (χ3n) is 4.88. The van der Waals surface area contributed by atoms with Crippen LogP contribution in [0.25, 0.3) is 17.0 Å². The first-order valence-corrected chi connectivity index (χ1v) is 8.62. The number of amides is 1. The van der Waals surface area contributed by atoms with Gasteiger partial charge in [-0.15, -0.1) is 0 Å². The average Bonchev–Trinajstić information content (AvgIpc) is 3.41. The highest BCUT2D eigenvalue weighted by molar-refractivity contribution is 5.96. The third-order valence-corrected chi connectivity index (χ3v) is 4.88. The number of fused-ring (bicyclic) bond motifs is 1. The van der Waals surface area contributed by atoms with Crippen LogP contribution in [0.1, 0.15) is 12.5 Å². The number of anilines is 1. The summed E-state index contributed by atoms with van der Waals surface area (Å²) in [6.07, 6.45) is 5.98. The third kappa shape index (κ3) is 2.30. The van der Waals surface area contributed by atoms with Crippen molar-refractivity contribution in [3.05, 3.63) is 73.2 Å². The Labute approximate surface area is 150 Å². The maximum absolute atomic E-state index is 12.6. The van der Waals surface area contributed by atoms with E-state index in [2.05, 4.69) is 14.6 Å². The van der Waals surface area contributed by atoms with Gasteiger partial charge in [0.1, 0.15) is 5.69 Å². The van der Waals surface area contributed by atoms with Crippen LogP contribution >= 0.6 is 0 Å². The van der Waals surface area contributed by atoms with Crippen LogP contribution in [0, 0.1) is 0 Å². The number of rotatable bonds is 3. The van der Waals surface area contributed by atoms with Crippen LogP contribution in [-0.2, 0) is 4.79 Å². The Bertz CT molecular complexity index is 1080. The van der Waals surface area contributed by atoms with Crippen LogP contribution in [0.4, 0.5) is 5.69 Å². The van der Waals surface area contributed by atoms with Crippen LogP contribution in [0.15, 0.2) is 73.2 Å². The molecule has 1 saturated heterocycles. The SMILES string of the molecule is O=C1CC(n2ccnc2-c2cccc3ccnn23)CN1c1ccccc1. The van der Waals surface area contributed by atoms with Crippen molar-refractivity contribution in [1.29, 1.82) is 0 Å². The summed E-state index contributed by atoms with van der Waals surface area (Å²) in [5.74, 6) is 0.963. The molecule has 4 aromatic rings. The number of pyridine rings is 1. The quantitative estimate of drug-likeness (QED) is 0.574. The smallest absolute Gasteiger partial charge is 0.229 e. The second-order valence-electron chi connectivity index (χ2n) is 6.43. The van der Waals surface area contributed by atoms with Gasteiger partial charge in [-0.1, -0.05) is 24.3 Å². The van der Waals surface area contributed by atoms with Gasteiger partial charge in [0, 0.05) is 31.0 Å². The van der Waals surface area contributed by atoms with Gasteiger partial charge in [0.15, 0.2) is 5.82 Å². The normalized spacial score (nSPS) is 17.3. The minimum absolute atomic E-state index is 0.0472. The summed E-state index contributed by atoms with van der Waals surface area (Å²) >= 11 is 0. The first-order valence-electron chi connectivity index (χ1n) is 8.62. The molecule has 1 aromatic carbocycles. The highest BCUT2D eigenvalue weighted by Crippen LogP contribution is 2.31. The molecule has 1 fully saturated rings. The fourth-order valence-corrected chi connectivity index (χ4v) is 3.66. The van der Waals surface area contributed by atoms with Crippen molar-refractivity contribution in [1.82, 2.24) is 19.2 Å². The van der Waals surface area contributed by atoms with Crippen molar-refractivity contribution in [2.24, 2.45) is 0 Å². The molecule has 1 aliphatic rings. The van der Waals surface area contributed by atoms with E-state index in [0.29, 0.717) is 13.0 Å². The monoisotopic (exact) mass is 343 g/mol. The van der Waals surface area contributed by atoms with Crippen molar-refractivity contribution < 1.29 is 4.79 Å². The van der Waals surface area contributed by atoms with Crippen molar-refractivity contribution >= 4 is 17.1 Å². The molecule has 0 spiro atoms. The second-order valence-corrected chi connectivity index (χ2v) is 6.43. The molecule has 6 heteroatoms. The van der Waals surface area contributed by atoms with Gasteiger partial charge in [-0.05, 0) is 30.3 Å². The summed E-state index contributed by atoms with van der Waals surface area (Å²) in [5.41, 5.74) is 2.88. The number of carbonyl (C=O) groups excluding carboxylic acids is 1. The van der Waals surface area contributed by atoms with Crippen LogP contribution in [0.5, 0.6) is 0 Å². The first kappa shape index (κ1) is 14.9. The van der Waals surface area contributed by atoms with E-state index in [1.165, 1.54) is 0 Å². The summed E-state index contributed by atoms with van der Waals surface area (Å²) in [7, 11) is 0. The molecule has 6 nitrogen and oxygen atoms in total. The molecular weight excluding hydrogens is 326 g/mol. The van der Waals surface area contributed by atoms with Crippen LogP contribution in [-0.4, -0.2) is 31.6 Å². The molecule has 128 valence electrons. The highest BCUT2D eigenvalue weighted by atomic mass is 16.2. The van der Waals surface area contributed by atoms with Gasteiger partial charge < -0.3 is 9.47 Å². The van der Waals surface area contributed by atoms with E-state index in [0.717, 1.165) is 22.7 Å². The Morgan fingerprint density at radius 3 is 2.73 bits per heavy atom. The number of hydrogen-bond donors (Lipinski definition) is 0. The van der Waals surface area contributed by atoms with E-state index in [-0.39, 0.29) is 11.9 Å². The molecule has 26 heavy (non-hydrogen) atoms. The molecule has 1 aliphatic heterocycles. The average molecular weight is 343 g/mol. The van der Waals surface area contributed by atoms with E-state index in [1.54, 1.807) is 12.4 Å². The fourth-order valence-electron chi connectivity index (χ4n) is 3.66. The number of hydrogen-bond acceptors (Lipinski definition) is 3. The minimum atomic E-state index is 0.0472. The Morgan fingerprint density at radius 2 is 1.85 bits per heavy atom. The first-order chi connectivity index (χ1) is 12.8. The van der Waals surface area contributed by atoms with E-state index in [9.17, 15) is 4.79 Å². The van der Waals surface area contributed by atoms with Crippen molar-refractivity contribution in [3.8, 4) is 11.5 Å². The van der Waals surface area contributed by atoms with Crippen molar-refractivity contribution in [3.63, 3.8) is 0 Å². The van der Waals surface area contributed by atoms with E-state index < -0.39 is 0 Å². The van der Waals surface area contributed by atoms with Crippen molar-refractivity contribution in [2.45, 2.75) is 12.5 Å². The lowest BCUT2D eigenvalue weighted by Crippen LogP contribution is -2.24. The fraction of sp³-hybridized carbons (Fsp3) is 0.150. The standard InChI is InChI=1S/C20H17N5O/c26-19-13-17(14-24(19)15-5-2-1-3-6-15)23-12-11-21-20(23)18-8-4-7-16-9-10-22-25(16)18/h1-12,17H,13-14H2. The number of benzene rings is 1. The van der Waals surface area contributed by atoms with Gasteiger partial charge in [0.05, 0.1) is 17.8 Å². The number of aromatic nitrogens is 4. The number of carbonyl (C=O) groups is 1. The predicted octanol–water partition coefficient (Wildman–Crippen LogP) is 3.18. The summed E-state index contributed by atoms with van der Waals surface area (Å²) in [5, 5.41) is 4.41. The molecule has 5 rings (SSSR count). The van der Waals surface area contributed by atoms with E-state index in [1.807, 2.05) is 70.2 Å². The van der Waals surface area contributed by atoms with E-state index >= 15 is 0 Å². The summed E-state index contributed by atoms with van der Waals surface area (Å²) in [6, 6.07) is 17.8. The van der Waals surface area contributed by atoms with Gasteiger partial charge >= 0.3 is 0 Å². The highest BCUT2D eigenvalue weighted by Gasteiger charge is 2.33. The largest absolute Gasteiger partial charge is 0.324 e. The Balaban J connectivity index is 1.52. The summed E-state index contributed by atoms with van der Waals surface area (Å²) in [6.45, 7) is 0.640. The Hall–Kier alpha value is -3.41. The molecule has 1 amide bonds. The summed E-state index contributed by atoms with van der Waals surface area (Å²) < 4.78 is 3.97. The molecule has 3 aromatic heterocycles. The van der Waals surface area contributed by atoms with Gasteiger partial charge in [-0.25, -0.2) is 9.50 Å². The Morgan fingerprint density at radius 1 is 0.962 bits per heavy atom. The van der Waals surface area contributed by atoms with Gasteiger partial charge in [-0.3, -0.25) is 4.79 Å². The van der Waals surface area contributed by atoms with Gasteiger partial charge in [0.25, 0.3) is 0 Å². The predicted molar refractivity (Wildman–Crippen MR) is 98.9 cm³/mol. The van der Waals surface area contributed by atoms with Crippen LogP contribution < -0.4 is 4.90 Å². The van der Waals surface area contributed by atoms with Gasteiger partial charge in [0.2, 0.25) is 5.91 Å². The molecule has 0 aliphatic carbocycles. The van der Waals surface area contributed by atoms with E-state index in [4.69, 9.17) is 0 Å². The minimum Gasteiger partial charge on any atom is -0.324 e.